The van der Waals surface area contributed by atoms with Crippen LogP contribution in [0.1, 0.15) is 26.1 Å². The maximum atomic E-state index is 11.8. The highest BCUT2D eigenvalue weighted by Crippen LogP contribution is 2.06. The van der Waals surface area contributed by atoms with Crippen LogP contribution in [-0.2, 0) is 11.3 Å². The normalized spacial score (nSPS) is 12.8. The van der Waals surface area contributed by atoms with Gasteiger partial charge < -0.3 is 10.6 Å². The van der Waals surface area contributed by atoms with E-state index in [1.807, 2.05) is 13.8 Å². The van der Waals surface area contributed by atoms with Gasteiger partial charge in [0.1, 0.15) is 12.2 Å². The van der Waals surface area contributed by atoms with Crippen molar-refractivity contribution in [1.82, 2.24) is 20.1 Å². The van der Waals surface area contributed by atoms with Crippen LogP contribution in [0.2, 0.25) is 0 Å². The number of aromatic amines is 1. The Balaban J connectivity index is 2.42. The highest BCUT2D eigenvalue weighted by Gasteiger charge is 2.16. The van der Waals surface area contributed by atoms with Crippen molar-refractivity contribution >= 4 is 5.91 Å². The number of nitrogens with zero attached hydrogens (tertiary/aromatic N) is 3. The molecule has 1 heterocycles. The topological polar surface area (TPSA) is 87.9 Å². The Morgan fingerprint density at radius 1 is 1.62 bits per heavy atom. The molecule has 1 atom stereocenters. The molecule has 0 aliphatic carbocycles. The van der Waals surface area contributed by atoms with Crippen molar-refractivity contribution in [3.8, 4) is 0 Å². The van der Waals surface area contributed by atoms with Gasteiger partial charge in [-0.25, -0.2) is 4.98 Å². The molecular weight excluding hydrogens is 206 g/mol. The van der Waals surface area contributed by atoms with E-state index in [2.05, 4.69) is 15.2 Å². The molecule has 1 aromatic heterocycles. The molecule has 3 N–H and O–H groups in total. The van der Waals surface area contributed by atoms with Crippen LogP contribution < -0.4 is 5.73 Å². The number of carbonyl (C=O) groups excluding carboxylic acids is 1. The number of H-pyrrole nitrogens is 1. The largest absolute Gasteiger partial charge is 0.338 e. The van der Waals surface area contributed by atoms with E-state index in [-0.39, 0.29) is 11.9 Å². The van der Waals surface area contributed by atoms with E-state index in [0.29, 0.717) is 24.7 Å². The third kappa shape index (κ3) is 3.62. The molecule has 1 unspecified atom stereocenters. The quantitative estimate of drug-likeness (QED) is 0.746. The highest BCUT2D eigenvalue weighted by molar-refractivity contribution is 5.76. The van der Waals surface area contributed by atoms with Crippen molar-refractivity contribution < 1.29 is 4.79 Å². The Kier molecular flexibility index (Phi) is 4.42. The van der Waals surface area contributed by atoms with Crippen molar-refractivity contribution in [2.45, 2.75) is 32.9 Å². The maximum Gasteiger partial charge on any atom is 0.224 e. The maximum absolute atomic E-state index is 11.8. The minimum absolute atomic E-state index is 0.0256. The fraction of sp³-hybridized carbons (Fsp3) is 0.700. The summed E-state index contributed by atoms with van der Waals surface area (Å²) < 4.78 is 0. The molecule has 0 radical (unpaired) electrons. The zero-order chi connectivity index (χ0) is 12.1. The van der Waals surface area contributed by atoms with Crippen molar-refractivity contribution in [1.29, 1.82) is 0 Å². The summed E-state index contributed by atoms with van der Waals surface area (Å²) in [5.41, 5.74) is 5.85. The summed E-state index contributed by atoms with van der Waals surface area (Å²) in [5.74, 6) is 1.01. The standard InChI is InChI=1S/C10H19N5O/c1-7(2)8(11)4-10(16)15(3)5-9-12-6-13-14-9/h6-8H,4-5,11H2,1-3H3,(H,12,13,14). The number of rotatable bonds is 5. The lowest BCUT2D eigenvalue weighted by Gasteiger charge is -2.20. The average Bonchev–Trinajstić information content (AvgIpc) is 2.69. The van der Waals surface area contributed by atoms with Gasteiger partial charge in [-0.05, 0) is 5.92 Å². The monoisotopic (exact) mass is 225 g/mol. The highest BCUT2D eigenvalue weighted by atomic mass is 16.2. The fourth-order valence-corrected chi connectivity index (χ4v) is 1.21. The lowest BCUT2D eigenvalue weighted by Crippen LogP contribution is -2.35. The van der Waals surface area contributed by atoms with E-state index in [1.165, 1.54) is 6.33 Å². The molecule has 0 aromatic carbocycles. The van der Waals surface area contributed by atoms with Gasteiger partial charge in [0.25, 0.3) is 0 Å². The third-order valence-corrected chi connectivity index (χ3v) is 2.54. The lowest BCUT2D eigenvalue weighted by molar-refractivity contribution is -0.131. The first-order valence-corrected chi connectivity index (χ1v) is 5.34. The summed E-state index contributed by atoms with van der Waals surface area (Å²) in [4.78, 5) is 17.3. The van der Waals surface area contributed by atoms with Gasteiger partial charge in [0.15, 0.2) is 0 Å². The number of amides is 1. The molecule has 1 aromatic rings. The number of hydrogen-bond donors (Lipinski definition) is 2. The molecule has 0 saturated carbocycles. The molecule has 0 spiro atoms. The fourth-order valence-electron chi connectivity index (χ4n) is 1.21. The SMILES string of the molecule is CC(C)C(N)CC(=O)N(C)Cc1ncn[nH]1. The number of hydrogen-bond acceptors (Lipinski definition) is 4. The van der Waals surface area contributed by atoms with Gasteiger partial charge >= 0.3 is 0 Å². The Hall–Kier alpha value is -1.43. The molecule has 90 valence electrons. The van der Waals surface area contributed by atoms with Crippen molar-refractivity contribution in [3.05, 3.63) is 12.2 Å². The van der Waals surface area contributed by atoms with Crippen LogP contribution in [0.4, 0.5) is 0 Å². The van der Waals surface area contributed by atoms with E-state index in [9.17, 15) is 4.79 Å². The zero-order valence-corrected chi connectivity index (χ0v) is 9.97. The Morgan fingerprint density at radius 3 is 2.81 bits per heavy atom. The minimum Gasteiger partial charge on any atom is -0.338 e. The van der Waals surface area contributed by atoms with Gasteiger partial charge in [0.2, 0.25) is 5.91 Å². The molecule has 0 aliphatic heterocycles. The van der Waals surface area contributed by atoms with Crippen molar-refractivity contribution in [2.75, 3.05) is 7.05 Å². The molecule has 1 amide bonds. The average molecular weight is 225 g/mol. The van der Waals surface area contributed by atoms with Crippen LogP contribution in [0.15, 0.2) is 6.33 Å². The second-order valence-electron chi connectivity index (χ2n) is 4.29. The predicted octanol–water partition coefficient (Wildman–Crippen LogP) is 0.136. The van der Waals surface area contributed by atoms with Crippen LogP contribution in [0.5, 0.6) is 0 Å². The number of nitrogens with two attached hydrogens (primary N) is 1. The van der Waals surface area contributed by atoms with E-state index in [4.69, 9.17) is 5.73 Å². The van der Waals surface area contributed by atoms with Crippen LogP contribution in [-0.4, -0.2) is 39.1 Å². The molecule has 1 rings (SSSR count). The summed E-state index contributed by atoms with van der Waals surface area (Å²) >= 11 is 0. The zero-order valence-electron chi connectivity index (χ0n) is 9.97. The first-order valence-electron chi connectivity index (χ1n) is 5.34. The smallest absolute Gasteiger partial charge is 0.224 e. The summed E-state index contributed by atoms with van der Waals surface area (Å²) in [6.45, 7) is 4.45. The van der Waals surface area contributed by atoms with Gasteiger partial charge in [0, 0.05) is 19.5 Å². The lowest BCUT2D eigenvalue weighted by atomic mass is 10.0. The van der Waals surface area contributed by atoms with Crippen molar-refractivity contribution in [3.63, 3.8) is 0 Å². The first-order chi connectivity index (χ1) is 7.50. The molecule has 6 nitrogen and oxygen atoms in total. The van der Waals surface area contributed by atoms with E-state index in [0.717, 1.165) is 0 Å². The van der Waals surface area contributed by atoms with Crippen molar-refractivity contribution in [2.24, 2.45) is 11.7 Å². The summed E-state index contributed by atoms with van der Waals surface area (Å²) in [6, 6.07) is -0.0929. The Bertz CT molecular complexity index is 322. The molecule has 6 heteroatoms. The van der Waals surface area contributed by atoms with Gasteiger partial charge in [-0.3, -0.25) is 9.89 Å². The van der Waals surface area contributed by atoms with Gasteiger partial charge in [0.05, 0.1) is 6.54 Å². The second-order valence-corrected chi connectivity index (χ2v) is 4.29. The summed E-state index contributed by atoms with van der Waals surface area (Å²) in [5, 5.41) is 6.44. The number of carbonyl (C=O) groups is 1. The molecule has 16 heavy (non-hydrogen) atoms. The van der Waals surface area contributed by atoms with Crippen LogP contribution in [0.3, 0.4) is 0 Å². The van der Waals surface area contributed by atoms with E-state index < -0.39 is 0 Å². The van der Waals surface area contributed by atoms with E-state index >= 15 is 0 Å². The van der Waals surface area contributed by atoms with Crippen LogP contribution in [0, 0.1) is 5.92 Å². The Morgan fingerprint density at radius 2 is 2.31 bits per heavy atom. The van der Waals surface area contributed by atoms with E-state index in [1.54, 1.807) is 11.9 Å². The number of aromatic nitrogens is 3. The summed E-state index contributed by atoms with van der Waals surface area (Å²) in [6.07, 6.45) is 1.79. The van der Waals surface area contributed by atoms with Crippen LogP contribution in [0.25, 0.3) is 0 Å². The Labute approximate surface area is 95.2 Å². The molecular formula is C10H19N5O. The molecule has 0 bridgehead atoms. The minimum atomic E-state index is -0.0929. The molecule has 0 aliphatic rings. The summed E-state index contributed by atoms with van der Waals surface area (Å²) in [7, 11) is 1.73. The predicted molar refractivity (Wildman–Crippen MR) is 60.3 cm³/mol. The second kappa shape index (κ2) is 5.60. The molecule has 0 saturated heterocycles. The van der Waals surface area contributed by atoms with Crippen LogP contribution >= 0.6 is 0 Å². The number of nitrogens with one attached hydrogen (secondary N) is 1. The molecule has 0 fully saturated rings. The van der Waals surface area contributed by atoms with Gasteiger partial charge in [-0.15, -0.1) is 0 Å². The van der Waals surface area contributed by atoms with Gasteiger partial charge in [-0.1, -0.05) is 13.8 Å². The van der Waals surface area contributed by atoms with Gasteiger partial charge in [-0.2, -0.15) is 5.10 Å². The first kappa shape index (κ1) is 12.6. The third-order valence-electron chi connectivity index (χ3n) is 2.54.